The van der Waals surface area contributed by atoms with Crippen LogP contribution in [0.5, 0.6) is 0 Å². The number of rotatable bonds is 6. The predicted molar refractivity (Wildman–Crippen MR) is 122 cm³/mol. The van der Waals surface area contributed by atoms with Gasteiger partial charge in [0.2, 0.25) is 5.91 Å². The highest BCUT2D eigenvalue weighted by atomic mass is 79.9. The second-order valence-electron chi connectivity index (χ2n) is 7.13. The fourth-order valence-corrected chi connectivity index (χ4v) is 4.20. The van der Waals surface area contributed by atoms with Crippen molar-refractivity contribution in [1.82, 2.24) is 5.43 Å². The van der Waals surface area contributed by atoms with E-state index in [1.807, 2.05) is 72.8 Å². The Kier molecular flexibility index (Phi) is 5.72. The lowest BCUT2D eigenvalue weighted by molar-refractivity contribution is -0.122. The van der Waals surface area contributed by atoms with Crippen LogP contribution in [0.2, 0.25) is 0 Å². The zero-order chi connectivity index (χ0) is 20.1. The first-order chi connectivity index (χ1) is 14.2. The topological polar surface area (TPSA) is 41.5 Å². The Morgan fingerprint density at radius 2 is 1.41 bits per heavy atom. The molecule has 1 atom stereocenters. The minimum Gasteiger partial charge on any atom is -0.273 e. The number of nitrogens with one attached hydrogen (secondary N) is 1. The second-order valence-corrected chi connectivity index (χ2v) is 8.05. The van der Waals surface area contributed by atoms with E-state index in [-0.39, 0.29) is 17.2 Å². The van der Waals surface area contributed by atoms with Crippen molar-refractivity contribution in [2.75, 3.05) is 0 Å². The fourth-order valence-electron chi connectivity index (χ4n) is 3.84. The second kappa shape index (κ2) is 8.58. The molecule has 0 heterocycles. The smallest absolute Gasteiger partial charge is 0.244 e. The average molecular weight is 445 g/mol. The standard InChI is InChI=1S/C25H21BrN2O/c26-22(16-19-10-4-1-5-11-19)18-27-28-24(29)23-17-25(23,20-12-6-2-7-13-20)21-14-8-3-9-15-21/h1-16,18,23H,17H2,(H,28,29)/b22-16+,27-18-/t23-/m0/s1. The van der Waals surface area contributed by atoms with Gasteiger partial charge in [0.05, 0.1) is 12.1 Å². The van der Waals surface area contributed by atoms with Crippen molar-refractivity contribution in [3.63, 3.8) is 0 Å². The van der Waals surface area contributed by atoms with Gasteiger partial charge < -0.3 is 0 Å². The first-order valence-electron chi connectivity index (χ1n) is 9.56. The van der Waals surface area contributed by atoms with E-state index in [0.717, 1.165) is 16.5 Å². The third-order valence-corrected chi connectivity index (χ3v) is 5.76. The number of halogens is 1. The molecule has 1 amide bonds. The lowest BCUT2D eigenvalue weighted by Gasteiger charge is -2.18. The Hall–Kier alpha value is -2.98. The highest BCUT2D eigenvalue weighted by Crippen LogP contribution is 2.58. The van der Waals surface area contributed by atoms with Gasteiger partial charge in [-0.25, -0.2) is 5.43 Å². The van der Waals surface area contributed by atoms with Crippen LogP contribution in [-0.4, -0.2) is 12.1 Å². The van der Waals surface area contributed by atoms with Gasteiger partial charge in [-0.1, -0.05) is 91.0 Å². The minimum absolute atomic E-state index is 0.0611. The Labute approximate surface area is 179 Å². The molecule has 0 spiro atoms. The zero-order valence-corrected chi connectivity index (χ0v) is 17.4. The van der Waals surface area contributed by atoms with Crippen molar-refractivity contribution in [2.24, 2.45) is 11.0 Å². The van der Waals surface area contributed by atoms with Crippen LogP contribution in [0.1, 0.15) is 23.1 Å². The number of hydrogen-bond donors (Lipinski definition) is 1. The highest BCUT2D eigenvalue weighted by molar-refractivity contribution is 9.12. The van der Waals surface area contributed by atoms with Crippen LogP contribution in [0.15, 0.2) is 101 Å². The van der Waals surface area contributed by atoms with Crippen LogP contribution in [0, 0.1) is 5.92 Å². The Morgan fingerprint density at radius 1 is 0.897 bits per heavy atom. The van der Waals surface area contributed by atoms with Crippen LogP contribution in [0.3, 0.4) is 0 Å². The van der Waals surface area contributed by atoms with E-state index in [2.05, 4.69) is 50.7 Å². The molecular weight excluding hydrogens is 424 g/mol. The first kappa shape index (κ1) is 19.3. The quantitative estimate of drug-likeness (QED) is 0.394. The van der Waals surface area contributed by atoms with Crippen molar-refractivity contribution < 1.29 is 4.79 Å². The summed E-state index contributed by atoms with van der Waals surface area (Å²) in [7, 11) is 0. The Balaban J connectivity index is 1.48. The molecule has 3 nitrogen and oxygen atoms in total. The van der Waals surface area contributed by atoms with Crippen molar-refractivity contribution in [3.05, 3.63) is 112 Å². The maximum absolute atomic E-state index is 12.8. The van der Waals surface area contributed by atoms with Gasteiger partial charge >= 0.3 is 0 Å². The monoisotopic (exact) mass is 444 g/mol. The molecule has 3 aromatic carbocycles. The van der Waals surface area contributed by atoms with Gasteiger partial charge in [-0.15, -0.1) is 0 Å². The first-order valence-corrected chi connectivity index (χ1v) is 10.4. The summed E-state index contributed by atoms with van der Waals surface area (Å²) in [6.45, 7) is 0. The lowest BCUT2D eigenvalue weighted by Crippen LogP contribution is -2.25. The number of benzene rings is 3. The molecule has 0 aliphatic heterocycles. The fraction of sp³-hybridized carbons (Fsp3) is 0.120. The summed E-state index contributed by atoms with van der Waals surface area (Å²) in [6, 6.07) is 30.4. The van der Waals surface area contributed by atoms with Gasteiger partial charge in [0.1, 0.15) is 0 Å². The molecule has 0 unspecified atom stereocenters. The summed E-state index contributed by atoms with van der Waals surface area (Å²) in [4.78, 5) is 12.8. The van der Waals surface area contributed by atoms with Crippen molar-refractivity contribution >= 4 is 34.1 Å². The Morgan fingerprint density at radius 3 is 1.97 bits per heavy atom. The van der Waals surface area contributed by atoms with Gasteiger partial charge in [-0.05, 0) is 45.1 Å². The number of allylic oxidation sites excluding steroid dienone is 1. The molecule has 3 aromatic rings. The molecule has 29 heavy (non-hydrogen) atoms. The highest BCUT2D eigenvalue weighted by Gasteiger charge is 2.60. The van der Waals surface area contributed by atoms with Gasteiger partial charge in [-0.3, -0.25) is 4.79 Å². The number of nitrogens with zero attached hydrogens (tertiary/aromatic N) is 1. The van der Waals surface area contributed by atoms with Crippen LogP contribution in [0.25, 0.3) is 6.08 Å². The van der Waals surface area contributed by atoms with Crippen molar-refractivity contribution in [3.8, 4) is 0 Å². The van der Waals surface area contributed by atoms with Gasteiger partial charge in [0.25, 0.3) is 0 Å². The largest absolute Gasteiger partial charge is 0.273 e. The lowest BCUT2D eigenvalue weighted by atomic mass is 9.85. The molecule has 1 N–H and O–H groups in total. The molecule has 0 saturated heterocycles. The van der Waals surface area contributed by atoms with Crippen LogP contribution < -0.4 is 5.43 Å². The predicted octanol–water partition coefficient (Wildman–Crippen LogP) is 5.53. The summed E-state index contributed by atoms with van der Waals surface area (Å²) in [5.74, 6) is -0.199. The molecule has 4 heteroatoms. The molecule has 1 aliphatic rings. The van der Waals surface area contributed by atoms with E-state index in [4.69, 9.17) is 0 Å². The molecule has 1 aliphatic carbocycles. The van der Waals surface area contributed by atoms with Crippen LogP contribution in [0.4, 0.5) is 0 Å². The van der Waals surface area contributed by atoms with Gasteiger partial charge in [0.15, 0.2) is 0 Å². The maximum atomic E-state index is 12.8. The summed E-state index contributed by atoms with van der Waals surface area (Å²) in [6.07, 6.45) is 4.34. The number of amides is 1. The normalized spacial score (nSPS) is 17.8. The third-order valence-electron chi connectivity index (χ3n) is 5.32. The van der Waals surface area contributed by atoms with Gasteiger partial charge in [-0.2, -0.15) is 5.10 Å². The van der Waals surface area contributed by atoms with Crippen LogP contribution in [-0.2, 0) is 10.2 Å². The SMILES string of the molecule is O=C(N/N=C\C(Br)=C/c1ccccc1)[C@@H]1CC1(c1ccccc1)c1ccccc1. The zero-order valence-electron chi connectivity index (χ0n) is 15.8. The van der Waals surface area contributed by atoms with E-state index in [1.54, 1.807) is 6.21 Å². The molecule has 0 radical (unpaired) electrons. The van der Waals surface area contributed by atoms with E-state index in [0.29, 0.717) is 0 Å². The van der Waals surface area contributed by atoms with E-state index in [1.165, 1.54) is 11.1 Å². The number of carbonyl (C=O) groups excluding carboxylic acids is 1. The van der Waals surface area contributed by atoms with E-state index in [9.17, 15) is 4.79 Å². The molecule has 0 aromatic heterocycles. The molecular formula is C25H21BrN2O. The molecule has 0 bridgehead atoms. The number of carbonyl (C=O) groups is 1. The molecule has 1 saturated carbocycles. The minimum atomic E-state index is -0.279. The van der Waals surface area contributed by atoms with E-state index >= 15 is 0 Å². The third kappa shape index (κ3) is 4.22. The van der Waals surface area contributed by atoms with E-state index < -0.39 is 0 Å². The summed E-state index contributed by atoms with van der Waals surface area (Å²) in [5.41, 5.74) is 5.83. The molecule has 144 valence electrons. The van der Waals surface area contributed by atoms with Crippen molar-refractivity contribution in [1.29, 1.82) is 0 Å². The van der Waals surface area contributed by atoms with Gasteiger partial charge in [0, 0.05) is 9.90 Å². The average Bonchev–Trinajstić information content (AvgIpc) is 3.53. The molecule has 1 fully saturated rings. The number of hydrazone groups is 1. The summed E-state index contributed by atoms with van der Waals surface area (Å²) < 4.78 is 0.789. The summed E-state index contributed by atoms with van der Waals surface area (Å²) >= 11 is 3.47. The Bertz CT molecular complexity index is 991. The van der Waals surface area contributed by atoms with Crippen LogP contribution >= 0.6 is 15.9 Å². The maximum Gasteiger partial charge on any atom is 0.244 e. The number of hydrogen-bond acceptors (Lipinski definition) is 2. The summed E-state index contributed by atoms with van der Waals surface area (Å²) in [5, 5.41) is 4.14. The van der Waals surface area contributed by atoms with Crippen molar-refractivity contribution in [2.45, 2.75) is 11.8 Å². The molecule has 4 rings (SSSR count).